The third kappa shape index (κ3) is 6.28. The number of amides is 2. The highest BCUT2D eigenvalue weighted by Gasteiger charge is 2.27. The van der Waals surface area contributed by atoms with Gasteiger partial charge in [0.1, 0.15) is 18.9 Å². The molecule has 112 valence electrons. The highest BCUT2D eigenvalue weighted by Crippen LogP contribution is 2.17. The molecule has 0 fully saturated rings. The number of halogens is 3. The summed E-state index contributed by atoms with van der Waals surface area (Å²) in [4.78, 5) is 11.2. The number of carbonyl (C=O) groups excluding carboxylic acids is 1. The molecule has 0 heterocycles. The monoisotopic (exact) mass is 292 g/mol. The normalized spacial score (nSPS) is 11.0. The van der Waals surface area contributed by atoms with Gasteiger partial charge in [-0.25, -0.2) is 4.79 Å². The molecule has 5 nitrogen and oxygen atoms in total. The average Bonchev–Trinajstić information content (AvgIpc) is 2.40. The largest absolute Gasteiger partial charge is 0.491 e. The van der Waals surface area contributed by atoms with E-state index in [0.717, 1.165) is 0 Å². The van der Waals surface area contributed by atoms with Crippen LogP contribution in [0.15, 0.2) is 24.3 Å². The fraction of sp³-hybridized carbons (Fsp3) is 0.417. The SMILES string of the molecule is O=C(NCc1ccccc1OCCO)NCC(F)(F)F. The van der Waals surface area contributed by atoms with Gasteiger partial charge in [-0.1, -0.05) is 18.2 Å². The number of urea groups is 1. The average molecular weight is 292 g/mol. The maximum absolute atomic E-state index is 11.9. The molecular weight excluding hydrogens is 277 g/mol. The van der Waals surface area contributed by atoms with Gasteiger partial charge in [0.05, 0.1) is 6.61 Å². The molecule has 1 rings (SSSR count). The van der Waals surface area contributed by atoms with E-state index in [4.69, 9.17) is 9.84 Å². The van der Waals surface area contributed by atoms with Gasteiger partial charge in [0, 0.05) is 12.1 Å². The highest BCUT2D eigenvalue weighted by atomic mass is 19.4. The molecule has 0 aliphatic carbocycles. The lowest BCUT2D eigenvalue weighted by atomic mass is 10.2. The van der Waals surface area contributed by atoms with Crippen LogP contribution < -0.4 is 15.4 Å². The Morgan fingerprint density at radius 3 is 2.60 bits per heavy atom. The van der Waals surface area contributed by atoms with Crippen molar-refractivity contribution >= 4 is 6.03 Å². The summed E-state index contributed by atoms with van der Waals surface area (Å²) in [5, 5.41) is 12.7. The minimum absolute atomic E-state index is 0.0191. The van der Waals surface area contributed by atoms with E-state index in [2.05, 4.69) is 5.32 Å². The Hall–Kier alpha value is -1.96. The first-order chi connectivity index (χ1) is 9.42. The van der Waals surface area contributed by atoms with E-state index < -0.39 is 18.8 Å². The standard InChI is InChI=1S/C12H15F3N2O3/c13-12(14,15)8-17-11(19)16-7-9-3-1-2-4-10(9)20-6-5-18/h1-4,18H,5-8H2,(H2,16,17,19). The van der Waals surface area contributed by atoms with E-state index in [0.29, 0.717) is 11.3 Å². The molecule has 8 heteroatoms. The van der Waals surface area contributed by atoms with Gasteiger partial charge in [0.15, 0.2) is 0 Å². The van der Waals surface area contributed by atoms with Crippen LogP contribution in [0.5, 0.6) is 5.75 Å². The summed E-state index contributed by atoms with van der Waals surface area (Å²) < 4.78 is 40.9. The number of carbonyl (C=O) groups is 1. The van der Waals surface area contributed by atoms with Gasteiger partial charge in [0.2, 0.25) is 0 Å². The molecule has 3 N–H and O–H groups in total. The van der Waals surface area contributed by atoms with Crippen LogP contribution in [0.2, 0.25) is 0 Å². The van der Waals surface area contributed by atoms with Crippen molar-refractivity contribution in [3.05, 3.63) is 29.8 Å². The molecule has 20 heavy (non-hydrogen) atoms. The van der Waals surface area contributed by atoms with Crippen LogP contribution in [-0.2, 0) is 6.54 Å². The fourth-order valence-corrected chi connectivity index (χ4v) is 1.36. The molecule has 0 bridgehead atoms. The van der Waals surface area contributed by atoms with Gasteiger partial charge in [-0.05, 0) is 6.07 Å². The molecule has 0 aliphatic heterocycles. The molecule has 0 radical (unpaired) electrons. The molecule has 0 unspecified atom stereocenters. The first kappa shape index (κ1) is 16.1. The molecule has 0 atom stereocenters. The topological polar surface area (TPSA) is 70.6 Å². The summed E-state index contributed by atoms with van der Waals surface area (Å²) in [5.74, 6) is 0.456. The second kappa shape index (κ2) is 7.59. The van der Waals surface area contributed by atoms with Gasteiger partial charge in [-0.15, -0.1) is 0 Å². The molecule has 0 saturated heterocycles. The fourth-order valence-electron chi connectivity index (χ4n) is 1.36. The summed E-state index contributed by atoms with van der Waals surface area (Å²) >= 11 is 0. The minimum Gasteiger partial charge on any atom is -0.491 e. The number of para-hydroxylation sites is 1. The Morgan fingerprint density at radius 1 is 1.25 bits per heavy atom. The Morgan fingerprint density at radius 2 is 1.95 bits per heavy atom. The maximum atomic E-state index is 11.9. The van der Waals surface area contributed by atoms with Gasteiger partial charge in [-0.3, -0.25) is 0 Å². The number of hydrogen-bond acceptors (Lipinski definition) is 3. The second-order valence-corrected chi connectivity index (χ2v) is 3.83. The van der Waals surface area contributed by atoms with Crippen molar-refractivity contribution in [2.75, 3.05) is 19.8 Å². The van der Waals surface area contributed by atoms with Gasteiger partial charge in [0.25, 0.3) is 0 Å². The maximum Gasteiger partial charge on any atom is 0.405 e. The Kier molecular flexibility index (Phi) is 6.10. The van der Waals surface area contributed by atoms with Crippen LogP contribution in [0.4, 0.5) is 18.0 Å². The van der Waals surface area contributed by atoms with E-state index >= 15 is 0 Å². The molecule has 1 aromatic rings. The first-order valence-corrected chi connectivity index (χ1v) is 5.82. The predicted molar refractivity (Wildman–Crippen MR) is 65.3 cm³/mol. The summed E-state index contributed by atoms with van der Waals surface area (Å²) in [5.41, 5.74) is 0.600. The lowest BCUT2D eigenvalue weighted by Crippen LogP contribution is -2.40. The van der Waals surface area contributed by atoms with Crippen LogP contribution >= 0.6 is 0 Å². The van der Waals surface area contributed by atoms with Crippen molar-refractivity contribution in [1.29, 1.82) is 0 Å². The van der Waals surface area contributed by atoms with Crippen molar-refractivity contribution in [3.63, 3.8) is 0 Å². The van der Waals surface area contributed by atoms with Gasteiger partial charge < -0.3 is 20.5 Å². The van der Waals surface area contributed by atoms with Crippen LogP contribution in [0.3, 0.4) is 0 Å². The third-order valence-corrected chi connectivity index (χ3v) is 2.21. The van der Waals surface area contributed by atoms with E-state index in [1.54, 1.807) is 29.6 Å². The summed E-state index contributed by atoms with van der Waals surface area (Å²) in [6.45, 7) is -1.43. The number of benzene rings is 1. The molecule has 0 saturated carbocycles. The molecule has 2 amide bonds. The van der Waals surface area contributed by atoms with Crippen molar-refractivity contribution in [3.8, 4) is 5.75 Å². The van der Waals surface area contributed by atoms with Crippen molar-refractivity contribution in [2.24, 2.45) is 0 Å². The Balaban J connectivity index is 2.46. The second-order valence-electron chi connectivity index (χ2n) is 3.83. The lowest BCUT2D eigenvalue weighted by molar-refractivity contribution is -0.122. The smallest absolute Gasteiger partial charge is 0.405 e. The zero-order valence-corrected chi connectivity index (χ0v) is 10.5. The first-order valence-electron chi connectivity index (χ1n) is 5.82. The Bertz CT molecular complexity index is 438. The summed E-state index contributed by atoms with van der Waals surface area (Å²) in [6, 6.07) is 5.80. The number of hydrogen-bond donors (Lipinski definition) is 3. The van der Waals surface area contributed by atoms with Gasteiger partial charge in [-0.2, -0.15) is 13.2 Å². The Labute approximate surface area is 113 Å². The minimum atomic E-state index is -4.44. The summed E-state index contributed by atoms with van der Waals surface area (Å²) in [7, 11) is 0. The van der Waals surface area contributed by atoms with Crippen molar-refractivity contribution < 1.29 is 27.8 Å². The molecular formula is C12H15F3N2O3. The zero-order valence-electron chi connectivity index (χ0n) is 10.5. The predicted octanol–water partition coefficient (Wildman–Crippen LogP) is 1.42. The zero-order chi connectivity index (χ0) is 15.0. The molecule has 1 aromatic carbocycles. The number of aliphatic hydroxyl groups is 1. The number of rotatable bonds is 6. The van der Waals surface area contributed by atoms with Crippen LogP contribution in [0, 0.1) is 0 Å². The number of alkyl halides is 3. The van der Waals surface area contributed by atoms with E-state index in [1.165, 1.54) is 0 Å². The quantitative estimate of drug-likeness (QED) is 0.742. The number of aliphatic hydroxyl groups excluding tert-OH is 1. The highest BCUT2D eigenvalue weighted by molar-refractivity contribution is 5.73. The van der Waals surface area contributed by atoms with Crippen molar-refractivity contribution in [2.45, 2.75) is 12.7 Å². The molecule has 0 spiro atoms. The van der Waals surface area contributed by atoms with E-state index in [1.807, 2.05) is 0 Å². The van der Waals surface area contributed by atoms with Crippen LogP contribution in [-0.4, -0.2) is 37.1 Å². The van der Waals surface area contributed by atoms with Crippen molar-refractivity contribution in [1.82, 2.24) is 10.6 Å². The van der Waals surface area contributed by atoms with E-state index in [9.17, 15) is 18.0 Å². The molecule has 0 aliphatic rings. The third-order valence-electron chi connectivity index (χ3n) is 2.21. The van der Waals surface area contributed by atoms with Gasteiger partial charge >= 0.3 is 12.2 Å². The van der Waals surface area contributed by atoms with E-state index in [-0.39, 0.29) is 19.8 Å². The summed E-state index contributed by atoms with van der Waals surface area (Å²) in [6.07, 6.45) is -4.44. The number of ether oxygens (including phenoxy) is 1. The molecule has 0 aromatic heterocycles. The number of nitrogens with one attached hydrogen (secondary N) is 2. The van der Waals surface area contributed by atoms with Crippen LogP contribution in [0.1, 0.15) is 5.56 Å². The van der Waals surface area contributed by atoms with Crippen LogP contribution in [0.25, 0.3) is 0 Å². The lowest BCUT2D eigenvalue weighted by Gasteiger charge is -2.12.